The molecule has 29 heavy (non-hydrogen) atoms. The van der Waals surface area contributed by atoms with Crippen LogP contribution in [0, 0.1) is 6.92 Å². The molecule has 3 aromatic heterocycles. The van der Waals surface area contributed by atoms with Crippen LogP contribution >= 0.6 is 0 Å². The Hall–Kier alpha value is -2.78. The molecule has 3 aromatic rings. The third-order valence-electron chi connectivity index (χ3n) is 4.96. The van der Waals surface area contributed by atoms with E-state index in [-0.39, 0.29) is 0 Å². The molecule has 0 aliphatic carbocycles. The molecule has 154 valence electrons. The van der Waals surface area contributed by atoms with Gasteiger partial charge in [0.2, 0.25) is 5.95 Å². The van der Waals surface area contributed by atoms with Gasteiger partial charge in [-0.05, 0) is 32.9 Å². The maximum atomic E-state index is 5.53. The zero-order chi connectivity index (χ0) is 20.2. The summed E-state index contributed by atoms with van der Waals surface area (Å²) in [4.78, 5) is 16.4. The Balaban J connectivity index is 1.77. The van der Waals surface area contributed by atoms with Crippen molar-refractivity contribution in [2.75, 3.05) is 43.1 Å². The molecule has 9 nitrogen and oxygen atoms in total. The van der Waals surface area contributed by atoms with Gasteiger partial charge < -0.3 is 20.3 Å². The van der Waals surface area contributed by atoms with E-state index < -0.39 is 0 Å². The number of hydrogen-bond donors (Lipinski definition) is 2. The van der Waals surface area contributed by atoms with E-state index in [2.05, 4.69) is 27.4 Å². The van der Waals surface area contributed by atoms with Crippen molar-refractivity contribution in [2.45, 2.75) is 33.4 Å². The molecule has 9 heteroatoms. The van der Waals surface area contributed by atoms with Crippen molar-refractivity contribution in [3.63, 3.8) is 0 Å². The topological polar surface area (TPSA) is 93.0 Å². The first-order valence-corrected chi connectivity index (χ1v) is 10.1. The van der Waals surface area contributed by atoms with Gasteiger partial charge in [0, 0.05) is 38.5 Å². The van der Waals surface area contributed by atoms with E-state index in [9.17, 15) is 0 Å². The zero-order valence-electron chi connectivity index (χ0n) is 17.2. The summed E-state index contributed by atoms with van der Waals surface area (Å²) in [6.45, 7) is 10.7. The van der Waals surface area contributed by atoms with Gasteiger partial charge in [-0.2, -0.15) is 10.1 Å². The van der Waals surface area contributed by atoms with Crippen molar-refractivity contribution >= 4 is 28.6 Å². The predicted octanol–water partition coefficient (Wildman–Crippen LogP) is 2.11. The first-order chi connectivity index (χ1) is 14.2. The first-order valence-electron chi connectivity index (χ1n) is 10.1. The van der Waals surface area contributed by atoms with Crippen LogP contribution in [-0.4, -0.2) is 63.6 Å². The number of nitrogens with one attached hydrogen (secondary N) is 2. The van der Waals surface area contributed by atoms with Crippen LogP contribution in [-0.2, 0) is 11.3 Å². The number of piperazine rings is 1. The molecule has 0 aromatic carbocycles. The average molecular weight is 396 g/mol. The minimum absolute atomic E-state index is 0.394. The van der Waals surface area contributed by atoms with E-state index in [4.69, 9.17) is 19.8 Å². The van der Waals surface area contributed by atoms with Crippen LogP contribution in [0.15, 0.2) is 24.4 Å². The quantitative estimate of drug-likeness (QED) is 0.587. The van der Waals surface area contributed by atoms with Crippen LogP contribution in [0.25, 0.3) is 11.0 Å². The Morgan fingerprint density at radius 3 is 2.97 bits per heavy atom. The standard InChI is InChI=1S/C20H28N8O/c1-4-29-12-11-28-18-17(15(3)26-28)24-20(27-10-9-21-14(2)13-27)25-19(18)23-16-7-5-6-8-22-16/h5-8,14,21H,4,9-13H2,1-3H3,(H,22,23,24,25)/t14-/m1/s1. The summed E-state index contributed by atoms with van der Waals surface area (Å²) in [5, 5.41) is 11.5. The van der Waals surface area contributed by atoms with Gasteiger partial charge in [0.05, 0.1) is 18.8 Å². The average Bonchev–Trinajstić information content (AvgIpc) is 3.05. The molecule has 1 aliphatic rings. The fourth-order valence-electron chi connectivity index (χ4n) is 3.58. The van der Waals surface area contributed by atoms with Gasteiger partial charge in [0.1, 0.15) is 16.9 Å². The van der Waals surface area contributed by atoms with Gasteiger partial charge >= 0.3 is 0 Å². The van der Waals surface area contributed by atoms with Crippen LogP contribution in [0.5, 0.6) is 0 Å². The molecule has 1 aliphatic heterocycles. The second kappa shape index (κ2) is 8.71. The molecular formula is C20H28N8O. The molecule has 0 spiro atoms. The lowest BCUT2D eigenvalue weighted by Crippen LogP contribution is -2.49. The zero-order valence-corrected chi connectivity index (χ0v) is 17.2. The number of fused-ring (bicyclic) bond motifs is 1. The number of hydrogen-bond acceptors (Lipinski definition) is 8. The normalized spacial score (nSPS) is 17.1. The molecule has 1 atom stereocenters. The van der Waals surface area contributed by atoms with E-state index >= 15 is 0 Å². The van der Waals surface area contributed by atoms with Crippen LogP contribution in [0.3, 0.4) is 0 Å². The Labute approximate surface area is 170 Å². The second-order valence-electron chi connectivity index (χ2n) is 7.22. The number of pyridine rings is 1. The summed E-state index contributed by atoms with van der Waals surface area (Å²) in [7, 11) is 0. The van der Waals surface area contributed by atoms with Crippen molar-refractivity contribution in [3.8, 4) is 0 Å². The van der Waals surface area contributed by atoms with E-state index in [1.165, 1.54) is 0 Å². The minimum Gasteiger partial charge on any atom is -0.380 e. The largest absolute Gasteiger partial charge is 0.380 e. The van der Waals surface area contributed by atoms with Crippen molar-refractivity contribution in [1.29, 1.82) is 0 Å². The minimum atomic E-state index is 0.394. The molecular weight excluding hydrogens is 368 g/mol. The van der Waals surface area contributed by atoms with Crippen molar-refractivity contribution < 1.29 is 4.74 Å². The Kier molecular flexibility index (Phi) is 5.86. The number of aromatic nitrogens is 5. The summed E-state index contributed by atoms with van der Waals surface area (Å²) in [5.74, 6) is 2.17. The summed E-state index contributed by atoms with van der Waals surface area (Å²) in [6.07, 6.45) is 1.76. The van der Waals surface area contributed by atoms with E-state index in [1.54, 1.807) is 6.20 Å². The molecule has 4 heterocycles. The lowest BCUT2D eigenvalue weighted by Gasteiger charge is -2.32. The van der Waals surface area contributed by atoms with Gasteiger partial charge in [-0.25, -0.2) is 9.97 Å². The molecule has 0 unspecified atom stereocenters. The Morgan fingerprint density at radius 1 is 1.31 bits per heavy atom. The highest BCUT2D eigenvalue weighted by atomic mass is 16.5. The molecule has 0 saturated carbocycles. The maximum absolute atomic E-state index is 5.53. The summed E-state index contributed by atoms with van der Waals surface area (Å²) >= 11 is 0. The van der Waals surface area contributed by atoms with Gasteiger partial charge in [0.25, 0.3) is 0 Å². The number of nitrogens with zero attached hydrogens (tertiary/aromatic N) is 6. The van der Waals surface area contributed by atoms with Gasteiger partial charge in [-0.15, -0.1) is 0 Å². The number of aryl methyl sites for hydroxylation is 1. The Bertz CT molecular complexity index is 958. The molecule has 2 N–H and O–H groups in total. The fraction of sp³-hybridized carbons (Fsp3) is 0.500. The second-order valence-corrected chi connectivity index (χ2v) is 7.22. The summed E-state index contributed by atoms with van der Waals surface area (Å²) in [6, 6.07) is 6.16. The van der Waals surface area contributed by atoms with Crippen molar-refractivity contribution in [2.24, 2.45) is 0 Å². The highest BCUT2D eigenvalue weighted by molar-refractivity contribution is 5.90. The molecule has 0 radical (unpaired) electrons. The van der Waals surface area contributed by atoms with E-state index in [0.717, 1.165) is 48.1 Å². The van der Waals surface area contributed by atoms with Gasteiger partial charge in [-0.3, -0.25) is 4.68 Å². The summed E-state index contributed by atoms with van der Waals surface area (Å²) in [5.41, 5.74) is 2.61. The highest BCUT2D eigenvalue weighted by Gasteiger charge is 2.23. The van der Waals surface area contributed by atoms with Crippen LogP contribution in [0.2, 0.25) is 0 Å². The lowest BCUT2D eigenvalue weighted by molar-refractivity contribution is 0.137. The van der Waals surface area contributed by atoms with Crippen LogP contribution in [0.4, 0.5) is 17.6 Å². The predicted molar refractivity (Wildman–Crippen MR) is 114 cm³/mol. The van der Waals surface area contributed by atoms with Crippen LogP contribution in [0.1, 0.15) is 19.5 Å². The van der Waals surface area contributed by atoms with Gasteiger partial charge in [-0.1, -0.05) is 6.07 Å². The molecule has 4 rings (SSSR count). The highest BCUT2D eigenvalue weighted by Crippen LogP contribution is 2.28. The molecule has 0 amide bonds. The molecule has 1 saturated heterocycles. The third kappa shape index (κ3) is 4.30. The van der Waals surface area contributed by atoms with Gasteiger partial charge in [0.15, 0.2) is 5.82 Å². The fourth-order valence-corrected chi connectivity index (χ4v) is 3.58. The monoisotopic (exact) mass is 396 g/mol. The Morgan fingerprint density at radius 2 is 2.21 bits per heavy atom. The maximum Gasteiger partial charge on any atom is 0.228 e. The van der Waals surface area contributed by atoms with E-state index in [1.807, 2.05) is 36.7 Å². The lowest BCUT2D eigenvalue weighted by atomic mass is 10.2. The number of anilines is 3. The number of ether oxygens (including phenoxy) is 1. The summed E-state index contributed by atoms with van der Waals surface area (Å²) < 4.78 is 7.46. The molecule has 0 bridgehead atoms. The SMILES string of the molecule is CCOCCn1nc(C)c2nc(N3CCN[C@H](C)C3)nc(Nc3ccccn3)c21. The first kappa shape index (κ1) is 19.5. The van der Waals surface area contributed by atoms with Crippen molar-refractivity contribution in [3.05, 3.63) is 30.1 Å². The van der Waals surface area contributed by atoms with E-state index in [0.29, 0.717) is 31.6 Å². The van der Waals surface area contributed by atoms with Crippen LogP contribution < -0.4 is 15.5 Å². The molecule has 1 fully saturated rings. The van der Waals surface area contributed by atoms with Crippen molar-refractivity contribution in [1.82, 2.24) is 30.0 Å². The smallest absolute Gasteiger partial charge is 0.228 e. The number of rotatable bonds is 7. The third-order valence-corrected chi connectivity index (χ3v) is 4.96.